The molecule has 3 rings (SSSR count). The molecule has 1 atom stereocenters. The van der Waals surface area contributed by atoms with E-state index in [4.69, 9.17) is 4.74 Å². The minimum Gasteiger partial charge on any atom is -0.482 e. The number of hydrogen-bond acceptors (Lipinski definition) is 2. The molecule has 2 aromatic carbocycles. The van der Waals surface area contributed by atoms with E-state index in [9.17, 15) is 8.78 Å². The smallest absolute Gasteiger partial charge is 0.144 e. The summed E-state index contributed by atoms with van der Waals surface area (Å²) in [7, 11) is 0. The Hall–Kier alpha value is -2.10. The van der Waals surface area contributed by atoms with E-state index in [2.05, 4.69) is 12.2 Å². The van der Waals surface area contributed by atoms with E-state index in [1.54, 1.807) is 6.92 Å². The van der Waals surface area contributed by atoms with Crippen LogP contribution in [0.25, 0.3) is 0 Å². The Morgan fingerprint density at radius 2 is 2.00 bits per heavy atom. The zero-order valence-electron chi connectivity index (χ0n) is 12.0. The average Bonchev–Trinajstić information content (AvgIpc) is 2.50. The highest BCUT2D eigenvalue weighted by atomic mass is 19.1. The third-order valence-corrected chi connectivity index (χ3v) is 3.82. The molecule has 2 aromatic rings. The summed E-state index contributed by atoms with van der Waals surface area (Å²) in [5.74, 6) is -0.180. The molecule has 1 aliphatic heterocycles. The summed E-state index contributed by atoms with van der Waals surface area (Å²) in [6.45, 7) is 4.04. The van der Waals surface area contributed by atoms with Crippen LogP contribution in [0.2, 0.25) is 0 Å². The highest BCUT2D eigenvalue weighted by Crippen LogP contribution is 2.36. The van der Waals surface area contributed by atoms with Crippen molar-refractivity contribution in [3.05, 3.63) is 58.7 Å². The third kappa shape index (κ3) is 2.58. The van der Waals surface area contributed by atoms with E-state index >= 15 is 0 Å². The fourth-order valence-corrected chi connectivity index (χ4v) is 2.52. The van der Waals surface area contributed by atoms with Gasteiger partial charge in [0.05, 0.1) is 12.2 Å². The second kappa shape index (κ2) is 5.35. The van der Waals surface area contributed by atoms with Crippen LogP contribution in [0.4, 0.5) is 14.5 Å². The number of benzene rings is 2. The Bertz CT molecular complexity index is 685. The SMILES string of the molecule is CCc1ccc2c(c1)NCC(c1cc(F)c(C)cc1F)O2. The molecule has 4 heteroatoms. The topological polar surface area (TPSA) is 21.3 Å². The van der Waals surface area contributed by atoms with Gasteiger partial charge in [-0.1, -0.05) is 13.0 Å². The molecule has 0 amide bonds. The first-order chi connectivity index (χ1) is 10.1. The van der Waals surface area contributed by atoms with Crippen LogP contribution < -0.4 is 10.1 Å². The Morgan fingerprint density at radius 3 is 2.76 bits per heavy atom. The van der Waals surface area contributed by atoms with E-state index in [0.29, 0.717) is 17.9 Å². The van der Waals surface area contributed by atoms with E-state index < -0.39 is 17.7 Å². The van der Waals surface area contributed by atoms with Crippen LogP contribution in [0.3, 0.4) is 0 Å². The highest BCUT2D eigenvalue weighted by molar-refractivity contribution is 5.60. The van der Waals surface area contributed by atoms with E-state index in [1.807, 2.05) is 18.2 Å². The minimum absolute atomic E-state index is 0.246. The predicted molar refractivity (Wildman–Crippen MR) is 78.8 cm³/mol. The molecule has 0 saturated heterocycles. The first kappa shape index (κ1) is 13.9. The van der Waals surface area contributed by atoms with Crippen molar-refractivity contribution in [2.75, 3.05) is 11.9 Å². The van der Waals surface area contributed by atoms with Gasteiger partial charge in [-0.25, -0.2) is 8.78 Å². The quantitative estimate of drug-likeness (QED) is 0.885. The van der Waals surface area contributed by atoms with Gasteiger partial charge < -0.3 is 10.1 Å². The number of fused-ring (bicyclic) bond motifs is 1. The number of halogens is 2. The van der Waals surface area contributed by atoms with Crippen molar-refractivity contribution in [2.24, 2.45) is 0 Å². The second-order valence-electron chi connectivity index (χ2n) is 5.29. The Morgan fingerprint density at radius 1 is 1.19 bits per heavy atom. The van der Waals surface area contributed by atoms with Crippen molar-refractivity contribution in [1.82, 2.24) is 0 Å². The van der Waals surface area contributed by atoms with Crippen LogP contribution in [0.5, 0.6) is 5.75 Å². The zero-order valence-corrected chi connectivity index (χ0v) is 12.0. The van der Waals surface area contributed by atoms with Crippen LogP contribution in [-0.4, -0.2) is 6.54 Å². The minimum atomic E-state index is -0.528. The van der Waals surface area contributed by atoms with Gasteiger partial charge in [-0.05, 0) is 48.7 Å². The van der Waals surface area contributed by atoms with Crippen LogP contribution in [0.15, 0.2) is 30.3 Å². The fraction of sp³-hybridized carbons (Fsp3) is 0.294. The van der Waals surface area contributed by atoms with E-state index in [-0.39, 0.29) is 5.56 Å². The lowest BCUT2D eigenvalue weighted by Crippen LogP contribution is -2.24. The zero-order chi connectivity index (χ0) is 15.0. The lowest BCUT2D eigenvalue weighted by molar-refractivity contribution is 0.204. The fourth-order valence-electron chi connectivity index (χ4n) is 2.52. The molecular weight excluding hydrogens is 272 g/mol. The van der Waals surface area contributed by atoms with Gasteiger partial charge in [0.25, 0.3) is 0 Å². The Labute approximate surface area is 122 Å². The maximum atomic E-state index is 14.0. The molecule has 2 nitrogen and oxygen atoms in total. The first-order valence-electron chi connectivity index (χ1n) is 7.07. The normalized spacial score (nSPS) is 16.9. The molecule has 0 spiro atoms. The van der Waals surface area contributed by atoms with Crippen LogP contribution in [0.1, 0.15) is 29.7 Å². The third-order valence-electron chi connectivity index (χ3n) is 3.82. The lowest BCUT2D eigenvalue weighted by Gasteiger charge is -2.28. The van der Waals surface area contributed by atoms with Crippen molar-refractivity contribution < 1.29 is 13.5 Å². The molecule has 0 saturated carbocycles. The number of aryl methyl sites for hydroxylation is 2. The summed E-state index contributed by atoms with van der Waals surface area (Å²) in [4.78, 5) is 0. The number of rotatable bonds is 2. The van der Waals surface area contributed by atoms with Crippen LogP contribution in [0, 0.1) is 18.6 Å². The van der Waals surface area contributed by atoms with Crippen molar-refractivity contribution in [3.63, 3.8) is 0 Å². The molecule has 110 valence electrons. The Balaban J connectivity index is 1.91. The number of anilines is 1. The highest BCUT2D eigenvalue weighted by Gasteiger charge is 2.24. The molecule has 0 bridgehead atoms. The van der Waals surface area contributed by atoms with Gasteiger partial charge in [-0.2, -0.15) is 0 Å². The number of nitrogens with one attached hydrogen (secondary N) is 1. The molecule has 0 aromatic heterocycles. The molecule has 1 N–H and O–H groups in total. The predicted octanol–water partition coefficient (Wildman–Crippen LogP) is 4.38. The summed E-state index contributed by atoms with van der Waals surface area (Å²) < 4.78 is 33.5. The van der Waals surface area contributed by atoms with Crippen molar-refractivity contribution in [2.45, 2.75) is 26.4 Å². The van der Waals surface area contributed by atoms with Gasteiger partial charge >= 0.3 is 0 Å². The van der Waals surface area contributed by atoms with Gasteiger partial charge in [0.15, 0.2) is 0 Å². The number of ether oxygens (including phenoxy) is 1. The van der Waals surface area contributed by atoms with Gasteiger partial charge in [-0.3, -0.25) is 0 Å². The molecule has 21 heavy (non-hydrogen) atoms. The standard InChI is InChI=1S/C17H17F2NO/c1-3-11-4-5-16-15(7-11)20-9-17(21-16)12-8-13(18)10(2)6-14(12)19/h4-8,17,20H,3,9H2,1-2H3. The molecule has 0 fully saturated rings. The molecular formula is C17H17F2NO. The summed E-state index contributed by atoms with van der Waals surface area (Å²) in [5.41, 5.74) is 2.65. The summed E-state index contributed by atoms with van der Waals surface area (Å²) >= 11 is 0. The lowest BCUT2D eigenvalue weighted by atomic mass is 10.0. The van der Waals surface area contributed by atoms with Crippen LogP contribution in [-0.2, 0) is 6.42 Å². The maximum Gasteiger partial charge on any atom is 0.144 e. The molecule has 1 aliphatic rings. The van der Waals surface area contributed by atoms with Gasteiger partial charge in [0, 0.05) is 5.56 Å². The second-order valence-corrected chi connectivity index (χ2v) is 5.29. The van der Waals surface area contributed by atoms with E-state index in [1.165, 1.54) is 17.7 Å². The van der Waals surface area contributed by atoms with Crippen molar-refractivity contribution in [1.29, 1.82) is 0 Å². The molecule has 0 aliphatic carbocycles. The maximum absolute atomic E-state index is 14.0. The summed E-state index contributed by atoms with van der Waals surface area (Å²) in [5, 5.41) is 3.23. The van der Waals surface area contributed by atoms with Crippen molar-refractivity contribution in [3.8, 4) is 5.75 Å². The molecule has 0 radical (unpaired) electrons. The largest absolute Gasteiger partial charge is 0.482 e. The van der Waals surface area contributed by atoms with E-state index in [0.717, 1.165) is 12.1 Å². The Kier molecular flexibility index (Phi) is 3.53. The monoisotopic (exact) mass is 289 g/mol. The average molecular weight is 289 g/mol. The molecule has 1 heterocycles. The van der Waals surface area contributed by atoms with Crippen molar-refractivity contribution >= 4 is 5.69 Å². The molecule has 1 unspecified atom stereocenters. The number of hydrogen-bond donors (Lipinski definition) is 1. The van der Waals surface area contributed by atoms with Crippen LogP contribution >= 0.6 is 0 Å². The van der Waals surface area contributed by atoms with Gasteiger partial charge in [-0.15, -0.1) is 0 Å². The summed E-state index contributed by atoms with van der Waals surface area (Å²) in [6.07, 6.45) is 0.413. The van der Waals surface area contributed by atoms with Gasteiger partial charge in [0.2, 0.25) is 0 Å². The van der Waals surface area contributed by atoms with Gasteiger partial charge in [0.1, 0.15) is 23.5 Å². The first-order valence-corrected chi connectivity index (χ1v) is 7.07. The summed E-state index contributed by atoms with van der Waals surface area (Å²) in [6, 6.07) is 8.31.